The van der Waals surface area contributed by atoms with Crippen molar-refractivity contribution in [2.75, 3.05) is 18.5 Å². The van der Waals surface area contributed by atoms with Gasteiger partial charge in [-0.3, -0.25) is 4.48 Å². The molecule has 0 amide bonds. The molecule has 1 aromatic carbocycles. The number of aliphatic hydroxyl groups excluding tert-OH is 2. The summed E-state index contributed by atoms with van der Waals surface area (Å²) in [6, 6.07) is 9.93. The average molecular weight is 356 g/mol. The number of aliphatic hydroxyl groups is 2. The quantitative estimate of drug-likeness (QED) is 0.799. The van der Waals surface area contributed by atoms with Crippen molar-refractivity contribution in [2.45, 2.75) is 69.0 Å². The summed E-state index contributed by atoms with van der Waals surface area (Å²) in [6.45, 7) is 5.48. The second kappa shape index (κ2) is 4.65. The number of fused-ring (bicyclic) bond motifs is 2. The zero-order valence-corrected chi connectivity index (χ0v) is 16.0. The molecule has 5 aliphatic heterocycles. The van der Waals surface area contributed by atoms with Gasteiger partial charge in [0.15, 0.2) is 6.23 Å². The van der Waals surface area contributed by atoms with Crippen LogP contribution in [0.4, 0.5) is 5.69 Å². The maximum Gasteiger partial charge on any atom is 0.194 e. The molecule has 6 unspecified atom stereocenters. The first kappa shape index (κ1) is 15.9. The van der Waals surface area contributed by atoms with E-state index in [4.69, 9.17) is 0 Å². The smallest absolute Gasteiger partial charge is 0.194 e. The molecule has 1 spiro atoms. The Morgan fingerprint density at radius 3 is 2.69 bits per heavy atom. The number of hydrogen-bond donors (Lipinski definition) is 2. The molecule has 6 aliphatic rings. The number of quaternary nitrogens is 1. The van der Waals surface area contributed by atoms with Crippen LogP contribution in [0.15, 0.2) is 24.3 Å². The molecule has 5 heterocycles. The summed E-state index contributed by atoms with van der Waals surface area (Å²) in [5.74, 6) is 1.18. The standard InChI is InChI=1S/C22H31N2O2/c1-4-12-13-10-16-19-22(14-8-6-7-9-15(14)23(19)3)11-17(18(13)20(22)25)24(16,5-2)21(12)26/h6-9,12-13,16-21,25-26H,4-5,10-11H2,1-3H3/q+1/t12?,13-,16?,17-,18?,19?,20+,21-,22?,24?/m1/s1. The largest absolute Gasteiger partial charge is 0.392 e. The molecule has 140 valence electrons. The second-order valence-corrected chi connectivity index (χ2v) is 9.67. The Morgan fingerprint density at radius 1 is 1.19 bits per heavy atom. The minimum absolute atomic E-state index is 0.126. The number of rotatable bonds is 2. The molecule has 4 saturated heterocycles. The van der Waals surface area contributed by atoms with Gasteiger partial charge in [-0.05, 0) is 30.9 Å². The van der Waals surface area contributed by atoms with Gasteiger partial charge in [0.2, 0.25) is 0 Å². The minimum Gasteiger partial charge on any atom is -0.392 e. The molecule has 0 aromatic heterocycles. The lowest BCUT2D eigenvalue weighted by atomic mass is 9.60. The molecule has 5 bridgehead atoms. The average Bonchev–Trinajstić information content (AvgIpc) is 3.04. The van der Waals surface area contributed by atoms with Crippen LogP contribution in [-0.2, 0) is 5.41 Å². The van der Waals surface area contributed by atoms with Gasteiger partial charge in [-0.2, -0.15) is 0 Å². The van der Waals surface area contributed by atoms with Crippen LogP contribution in [-0.4, -0.2) is 58.7 Å². The number of para-hydroxylation sites is 1. The van der Waals surface area contributed by atoms with E-state index in [-0.39, 0.29) is 17.7 Å². The monoisotopic (exact) mass is 355 g/mol. The van der Waals surface area contributed by atoms with E-state index in [9.17, 15) is 10.2 Å². The van der Waals surface area contributed by atoms with Crippen LogP contribution in [0.5, 0.6) is 0 Å². The third-order valence-electron chi connectivity index (χ3n) is 9.67. The van der Waals surface area contributed by atoms with E-state index >= 15 is 0 Å². The number of nitrogens with zero attached hydrogens (tertiary/aromatic N) is 2. The molecule has 4 heteroatoms. The molecule has 5 fully saturated rings. The molecule has 7 rings (SSSR count). The SMILES string of the molecule is CCC1[C@H]2CC3C4N(C)c5ccccc5C45C[C@H](C2[C@@H]5O)[N+]3(CC)[C@@H]1O. The normalized spacial score (nSPS) is 55.3. The fraction of sp³-hybridized carbons (Fsp3) is 0.727. The zero-order chi connectivity index (χ0) is 18.0. The van der Waals surface area contributed by atoms with Crippen molar-refractivity contribution in [2.24, 2.45) is 17.8 Å². The van der Waals surface area contributed by atoms with Crippen LogP contribution in [0.25, 0.3) is 0 Å². The molecule has 10 atom stereocenters. The minimum atomic E-state index is -0.272. The first-order chi connectivity index (χ1) is 12.5. The summed E-state index contributed by atoms with van der Waals surface area (Å²) in [7, 11) is 2.22. The van der Waals surface area contributed by atoms with Crippen molar-refractivity contribution >= 4 is 5.69 Å². The van der Waals surface area contributed by atoms with Crippen molar-refractivity contribution < 1.29 is 14.7 Å². The number of likely N-dealkylation sites (N-methyl/N-ethyl adjacent to an activating group) is 2. The highest BCUT2D eigenvalue weighted by molar-refractivity contribution is 5.66. The van der Waals surface area contributed by atoms with Gasteiger partial charge in [-0.25, -0.2) is 0 Å². The van der Waals surface area contributed by atoms with Crippen molar-refractivity contribution in [1.82, 2.24) is 0 Å². The Bertz CT molecular complexity index is 783. The Kier molecular flexibility index (Phi) is 2.85. The highest BCUT2D eigenvalue weighted by Crippen LogP contribution is 2.71. The number of anilines is 1. The molecular formula is C22H31N2O2+. The van der Waals surface area contributed by atoms with Crippen LogP contribution in [0.1, 0.15) is 38.7 Å². The lowest BCUT2D eigenvalue weighted by Gasteiger charge is -2.67. The van der Waals surface area contributed by atoms with Gasteiger partial charge in [-0.1, -0.05) is 25.1 Å². The molecule has 1 aromatic rings. The molecule has 0 radical (unpaired) electrons. The van der Waals surface area contributed by atoms with Crippen molar-refractivity contribution in [3.63, 3.8) is 0 Å². The summed E-state index contributed by atoms with van der Waals surface area (Å²) < 4.78 is 0.849. The summed E-state index contributed by atoms with van der Waals surface area (Å²) in [6.07, 6.45) is 2.71. The van der Waals surface area contributed by atoms with E-state index in [1.807, 2.05) is 0 Å². The summed E-state index contributed by atoms with van der Waals surface area (Å²) in [5, 5.41) is 23.4. The fourth-order valence-electron chi connectivity index (χ4n) is 9.03. The fourth-order valence-corrected chi connectivity index (χ4v) is 9.03. The van der Waals surface area contributed by atoms with Crippen molar-refractivity contribution in [3.05, 3.63) is 29.8 Å². The van der Waals surface area contributed by atoms with Gasteiger partial charge >= 0.3 is 0 Å². The third-order valence-corrected chi connectivity index (χ3v) is 9.67. The van der Waals surface area contributed by atoms with Gasteiger partial charge in [0.1, 0.15) is 6.04 Å². The maximum atomic E-state index is 11.8. The maximum absolute atomic E-state index is 11.8. The first-order valence-electron chi connectivity index (χ1n) is 10.6. The predicted octanol–water partition coefficient (Wildman–Crippen LogP) is 2.09. The van der Waals surface area contributed by atoms with Crippen molar-refractivity contribution in [3.8, 4) is 0 Å². The predicted molar refractivity (Wildman–Crippen MR) is 101 cm³/mol. The molecule has 1 saturated carbocycles. The van der Waals surface area contributed by atoms with E-state index in [0.29, 0.717) is 35.9 Å². The summed E-state index contributed by atoms with van der Waals surface area (Å²) in [4.78, 5) is 2.46. The Morgan fingerprint density at radius 2 is 1.96 bits per heavy atom. The van der Waals surface area contributed by atoms with E-state index in [2.05, 4.69) is 50.1 Å². The highest BCUT2D eigenvalue weighted by Gasteiger charge is 2.82. The van der Waals surface area contributed by atoms with Crippen LogP contribution in [0, 0.1) is 17.8 Å². The number of benzene rings is 1. The number of piperidine rings is 4. The van der Waals surface area contributed by atoms with E-state index in [1.54, 1.807) is 0 Å². The second-order valence-electron chi connectivity index (χ2n) is 9.67. The van der Waals surface area contributed by atoms with E-state index < -0.39 is 0 Å². The van der Waals surface area contributed by atoms with Gasteiger partial charge in [0.25, 0.3) is 0 Å². The Balaban J connectivity index is 1.63. The van der Waals surface area contributed by atoms with Gasteiger partial charge < -0.3 is 15.1 Å². The number of hydrogen-bond acceptors (Lipinski definition) is 3. The van der Waals surface area contributed by atoms with Crippen LogP contribution in [0.2, 0.25) is 0 Å². The van der Waals surface area contributed by atoms with E-state index in [1.165, 1.54) is 17.7 Å². The molecule has 26 heavy (non-hydrogen) atoms. The molecule has 4 nitrogen and oxygen atoms in total. The molecule has 1 aliphatic carbocycles. The topological polar surface area (TPSA) is 43.7 Å². The lowest BCUT2D eigenvalue weighted by Crippen LogP contribution is -2.82. The van der Waals surface area contributed by atoms with Crippen LogP contribution in [0.3, 0.4) is 0 Å². The molecular weight excluding hydrogens is 324 g/mol. The third kappa shape index (κ3) is 1.30. The highest BCUT2D eigenvalue weighted by atomic mass is 16.3. The Hall–Kier alpha value is -1.10. The zero-order valence-electron chi connectivity index (χ0n) is 16.0. The van der Waals surface area contributed by atoms with E-state index in [0.717, 1.165) is 23.9 Å². The lowest BCUT2D eigenvalue weighted by molar-refractivity contribution is -1.04. The van der Waals surface area contributed by atoms with Crippen LogP contribution < -0.4 is 4.90 Å². The van der Waals surface area contributed by atoms with Crippen molar-refractivity contribution in [1.29, 1.82) is 0 Å². The summed E-state index contributed by atoms with van der Waals surface area (Å²) >= 11 is 0. The van der Waals surface area contributed by atoms with Gasteiger partial charge in [-0.15, -0.1) is 0 Å². The summed E-state index contributed by atoms with van der Waals surface area (Å²) in [5.41, 5.74) is 2.55. The Labute approximate surface area is 156 Å². The molecule has 2 N–H and O–H groups in total. The van der Waals surface area contributed by atoms with Gasteiger partial charge in [0, 0.05) is 37.4 Å². The first-order valence-corrected chi connectivity index (χ1v) is 10.6. The van der Waals surface area contributed by atoms with Crippen LogP contribution >= 0.6 is 0 Å². The van der Waals surface area contributed by atoms with Gasteiger partial charge in [0.05, 0.1) is 30.1 Å².